The summed E-state index contributed by atoms with van der Waals surface area (Å²) in [6.07, 6.45) is 0. The molecule has 1 aliphatic rings. The molecule has 60 heavy (non-hydrogen) atoms. The summed E-state index contributed by atoms with van der Waals surface area (Å²) in [5.41, 5.74) is 13.3. The van der Waals surface area contributed by atoms with E-state index in [0.29, 0.717) is 5.82 Å². The molecule has 0 saturated carbocycles. The predicted octanol–water partition coefficient (Wildman–Crippen LogP) is 15.0. The van der Waals surface area contributed by atoms with Crippen LogP contribution < -0.4 is 4.90 Å². The number of rotatable bonds is 4. The topological polar surface area (TPSA) is 34.0 Å². The van der Waals surface area contributed by atoms with Crippen LogP contribution in [0.5, 0.6) is 0 Å². The van der Waals surface area contributed by atoms with Crippen molar-refractivity contribution in [2.75, 3.05) is 4.90 Å². The normalized spacial score (nSPS) is 12.3. The van der Waals surface area contributed by atoms with Crippen LogP contribution in [0.3, 0.4) is 0 Å². The van der Waals surface area contributed by atoms with Gasteiger partial charge in [-0.1, -0.05) is 146 Å². The van der Waals surface area contributed by atoms with Gasteiger partial charge in [-0.3, -0.25) is 0 Å². The lowest BCUT2D eigenvalue weighted by atomic mass is 9.88. The molecule has 1 aliphatic heterocycles. The van der Waals surface area contributed by atoms with E-state index in [4.69, 9.17) is 9.97 Å². The van der Waals surface area contributed by atoms with Crippen molar-refractivity contribution in [2.24, 2.45) is 0 Å². The van der Waals surface area contributed by atoms with Gasteiger partial charge in [-0.2, -0.15) is 0 Å². The van der Waals surface area contributed by atoms with Gasteiger partial charge >= 0.3 is 0 Å². The minimum atomic E-state index is 0.702. The summed E-state index contributed by atoms with van der Waals surface area (Å²) in [5.74, 6) is 0.702. The highest BCUT2D eigenvalue weighted by molar-refractivity contribution is 6.19. The Morgan fingerprint density at radius 2 is 0.983 bits per heavy atom. The summed E-state index contributed by atoms with van der Waals surface area (Å²) in [6, 6.07) is 74.3. The van der Waals surface area contributed by atoms with E-state index >= 15 is 0 Å². The van der Waals surface area contributed by atoms with E-state index in [1.54, 1.807) is 0 Å². The number of para-hydroxylation sites is 3. The Balaban J connectivity index is 1.06. The molecule has 0 spiro atoms. The molecule has 4 heteroatoms. The van der Waals surface area contributed by atoms with Crippen LogP contribution in [0.2, 0.25) is 0 Å². The van der Waals surface area contributed by atoms with Crippen molar-refractivity contribution in [3.63, 3.8) is 0 Å². The van der Waals surface area contributed by atoms with Crippen molar-refractivity contribution in [1.29, 1.82) is 0 Å². The van der Waals surface area contributed by atoms with Crippen LogP contribution in [0.4, 0.5) is 17.1 Å². The largest absolute Gasteiger partial charge is 0.309 e. The highest BCUT2D eigenvalue weighted by Gasteiger charge is 2.28. The molecule has 0 atom stereocenters. The third-order valence-electron chi connectivity index (χ3n) is 12.5. The number of fused-ring (bicyclic) bond motifs is 8. The van der Waals surface area contributed by atoms with Gasteiger partial charge in [0.05, 0.1) is 39.3 Å². The Morgan fingerprint density at radius 3 is 1.85 bits per heavy atom. The highest BCUT2D eigenvalue weighted by Crippen LogP contribution is 2.53. The Kier molecular flexibility index (Phi) is 6.98. The quantitative estimate of drug-likeness (QED) is 0.179. The van der Waals surface area contributed by atoms with E-state index in [0.717, 1.165) is 60.9 Å². The van der Waals surface area contributed by atoms with E-state index in [2.05, 4.69) is 216 Å². The molecule has 10 aromatic carbocycles. The summed E-state index contributed by atoms with van der Waals surface area (Å²) in [7, 11) is 0. The number of hydrogen-bond acceptors (Lipinski definition) is 3. The van der Waals surface area contributed by atoms with Crippen molar-refractivity contribution >= 4 is 82.1 Å². The molecule has 0 aliphatic carbocycles. The first-order valence-electron chi connectivity index (χ1n) is 20.5. The minimum Gasteiger partial charge on any atom is -0.309 e. The van der Waals surface area contributed by atoms with Gasteiger partial charge in [0.1, 0.15) is 0 Å². The molecule has 3 heterocycles. The first-order chi connectivity index (χ1) is 29.8. The molecule has 0 saturated heterocycles. The van der Waals surface area contributed by atoms with Gasteiger partial charge in [-0.15, -0.1) is 0 Å². The minimum absolute atomic E-state index is 0.702. The fraction of sp³-hybridized carbons (Fsp3) is 0. The molecule has 0 bridgehead atoms. The maximum Gasteiger partial charge on any atom is 0.161 e. The number of anilines is 3. The molecule has 0 amide bonds. The van der Waals surface area contributed by atoms with Crippen LogP contribution in [0.15, 0.2) is 206 Å². The molecule has 0 unspecified atom stereocenters. The van der Waals surface area contributed by atoms with Crippen LogP contribution in [0.1, 0.15) is 0 Å². The van der Waals surface area contributed by atoms with Crippen LogP contribution in [-0.4, -0.2) is 14.5 Å². The van der Waals surface area contributed by atoms with Crippen LogP contribution in [-0.2, 0) is 0 Å². The average molecular weight is 763 g/mol. The van der Waals surface area contributed by atoms with E-state index in [9.17, 15) is 0 Å². The maximum atomic E-state index is 5.57. The fourth-order valence-corrected chi connectivity index (χ4v) is 9.90. The first-order valence-corrected chi connectivity index (χ1v) is 20.5. The van der Waals surface area contributed by atoms with Gasteiger partial charge in [-0.25, -0.2) is 9.97 Å². The lowest BCUT2D eigenvalue weighted by Gasteiger charge is -2.34. The molecule has 2 aromatic heterocycles. The third kappa shape index (κ3) is 4.73. The second-order valence-corrected chi connectivity index (χ2v) is 15.7. The smallest absolute Gasteiger partial charge is 0.161 e. The van der Waals surface area contributed by atoms with Crippen molar-refractivity contribution in [2.45, 2.75) is 0 Å². The predicted molar refractivity (Wildman–Crippen MR) is 251 cm³/mol. The zero-order valence-corrected chi connectivity index (χ0v) is 32.4. The molecule has 13 rings (SSSR count). The fourth-order valence-electron chi connectivity index (χ4n) is 9.90. The summed E-state index contributed by atoms with van der Waals surface area (Å²) in [4.78, 5) is 13.4. The Morgan fingerprint density at radius 1 is 0.333 bits per heavy atom. The van der Waals surface area contributed by atoms with E-state index < -0.39 is 0 Å². The second-order valence-electron chi connectivity index (χ2n) is 15.7. The molecule has 278 valence electrons. The van der Waals surface area contributed by atoms with Crippen molar-refractivity contribution in [1.82, 2.24) is 14.5 Å². The van der Waals surface area contributed by atoms with E-state index in [-0.39, 0.29) is 0 Å². The van der Waals surface area contributed by atoms with Gasteiger partial charge < -0.3 is 9.47 Å². The second kappa shape index (κ2) is 12.7. The van der Waals surface area contributed by atoms with Gasteiger partial charge in [0.25, 0.3) is 0 Å². The van der Waals surface area contributed by atoms with Gasteiger partial charge in [0.2, 0.25) is 0 Å². The first kappa shape index (κ1) is 32.9. The Labute approximate surface area is 345 Å². The van der Waals surface area contributed by atoms with E-state index in [1.165, 1.54) is 54.8 Å². The lowest BCUT2D eigenvalue weighted by molar-refractivity contribution is 1.18. The SMILES string of the molecule is c1ccc(-n2c3ccccc3c3c(-c4nc(-c5ccc(N6c7cc8ccccc8cc7-c7cccc8cccc6c78)c6ccccc56)nc5ccccc45)cccc32)cc1. The van der Waals surface area contributed by atoms with Crippen LogP contribution in [0.25, 0.3) is 104 Å². The Hall–Kier alpha value is -8.08. The van der Waals surface area contributed by atoms with Crippen LogP contribution in [0, 0.1) is 0 Å². The summed E-state index contributed by atoms with van der Waals surface area (Å²) >= 11 is 0. The summed E-state index contributed by atoms with van der Waals surface area (Å²) < 4.78 is 2.37. The van der Waals surface area contributed by atoms with Crippen molar-refractivity contribution in [3.05, 3.63) is 206 Å². The number of nitrogens with zero attached hydrogens (tertiary/aromatic N) is 4. The van der Waals surface area contributed by atoms with Crippen LogP contribution >= 0.6 is 0 Å². The molecule has 0 fully saturated rings. The zero-order valence-electron chi connectivity index (χ0n) is 32.4. The molecular weight excluding hydrogens is 729 g/mol. The maximum absolute atomic E-state index is 5.57. The van der Waals surface area contributed by atoms with Gasteiger partial charge in [0.15, 0.2) is 5.82 Å². The standard InChI is InChI=1S/C56H34N4/c1-2-19-38(20-3-1)59-48-28-11-9-24-44(48)54-45(26-14-30-51(54)59)55-43-23-8-10-27-47(43)57-56(58-55)42-31-32-49(40-22-7-6-21-39(40)42)60-50-29-13-18-35-17-12-25-41(53(35)50)46-33-36-15-4-5-16-37(36)34-52(46)60/h1-34H. The molecule has 12 aromatic rings. The molecule has 0 N–H and O–H groups in total. The number of benzene rings is 10. The molecule has 0 radical (unpaired) electrons. The summed E-state index contributed by atoms with van der Waals surface area (Å²) in [6.45, 7) is 0. The Bertz CT molecular complexity index is 3730. The summed E-state index contributed by atoms with van der Waals surface area (Å²) in [5, 5.41) is 10.6. The highest BCUT2D eigenvalue weighted by atomic mass is 15.2. The van der Waals surface area contributed by atoms with Crippen molar-refractivity contribution in [3.8, 4) is 39.5 Å². The lowest BCUT2D eigenvalue weighted by Crippen LogP contribution is -2.15. The van der Waals surface area contributed by atoms with Crippen molar-refractivity contribution < 1.29 is 0 Å². The van der Waals surface area contributed by atoms with E-state index in [1.807, 2.05) is 0 Å². The third-order valence-corrected chi connectivity index (χ3v) is 12.5. The zero-order chi connectivity index (χ0) is 39.3. The number of aromatic nitrogens is 3. The monoisotopic (exact) mass is 762 g/mol. The molecule has 4 nitrogen and oxygen atoms in total. The number of hydrogen-bond donors (Lipinski definition) is 0. The van der Waals surface area contributed by atoms with Gasteiger partial charge in [0, 0.05) is 49.3 Å². The van der Waals surface area contributed by atoms with Gasteiger partial charge in [-0.05, 0) is 87.8 Å². The average Bonchev–Trinajstić information content (AvgIpc) is 3.66. The molecular formula is C56H34N4.